The lowest BCUT2D eigenvalue weighted by molar-refractivity contribution is -0.116. The van der Waals surface area contributed by atoms with Gasteiger partial charge >= 0.3 is 0 Å². The fraction of sp³-hybridized carbons (Fsp3) is 0.562. The highest BCUT2D eigenvalue weighted by molar-refractivity contribution is 5.56. The fourth-order valence-electron chi connectivity index (χ4n) is 1.03. The minimum atomic E-state index is -0.313. The Morgan fingerprint density at radius 3 is 1.78 bits per heavy atom. The summed E-state index contributed by atoms with van der Waals surface area (Å²) in [6.07, 6.45) is 1.17. The average Bonchev–Trinajstić information content (AvgIpc) is 2.52. The van der Waals surface area contributed by atoms with Crippen LogP contribution in [0.3, 0.4) is 0 Å². The molecule has 0 N–H and O–H groups in total. The predicted molar refractivity (Wildman–Crippen MR) is 81.1 cm³/mol. The summed E-state index contributed by atoms with van der Waals surface area (Å²) in [5.41, 5.74) is 1.12. The van der Waals surface area contributed by atoms with E-state index in [4.69, 9.17) is 4.74 Å². The first kappa shape index (κ1) is 22.1. The lowest BCUT2D eigenvalue weighted by atomic mass is 10.1. The number of aldehydes is 1. The molecule has 106 valence electrons. The Morgan fingerprint density at radius 2 is 1.44 bits per heavy atom. The van der Waals surface area contributed by atoms with E-state index in [1.165, 1.54) is 0 Å². The maximum atomic E-state index is 10.4. The van der Waals surface area contributed by atoms with E-state index < -0.39 is 0 Å². The molecule has 0 fully saturated rings. The van der Waals surface area contributed by atoms with Crippen LogP contribution in [0.1, 0.15) is 47.1 Å². The molecular weight excluding hydrogens is 224 g/mol. The van der Waals surface area contributed by atoms with Crippen LogP contribution in [0.4, 0.5) is 0 Å². The van der Waals surface area contributed by atoms with E-state index in [9.17, 15) is 4.79 Å². The number of methoxy groups -OCH3 is 1. The largest absolute Gasteiger partial charge is 0.374 e. The summed E-state index contributed by atoms with van der Waals surface area (Å²) in [7, 11) is 1.54. The number of benzene rings is 1. The van der Waals surface area contributed by atoms with Gasteiger partial charge in [0.25, 0.3) is 0 Å². The molecule has 1 aromatic rings. The van der Waals surface area contributed by atoms with Crippen molar-refractivity contribution in [2.75, 3.05) is 7.11 Å². The van der Waals surface area contributed by atoms with Gasteiger partial charge in [0.2, 0.25) is 0 Å². The third-order valence-corrected chi connectivity index (χ3v) is 1.73. The molecule has 0 aliphatic rings. The van der Waals surface area contributed by atoms with Crippen LogP contribution >= 0.6 is 0 Å². The lowest BCUT2D eigenvalue weighted by Gasteiger charge is -2.06. The Morgan fingerprint density at radius 1 is 1.00 bits per heavy atom. The quantitative estimate of drug-likeness (QED) is 0.738. The molecule has 0 heterocycles. The van der Waals surface area contributed by atoms with Crippen LogP contribution in [-0.2, 0) is 16.0 Å². The number of hydrogen-bond acceptors (Lipinski definition) is 2. The summed E-state index contributed by atoms with van der Waals surface area (Å²) < 4.78 is 4.94. The van der Waals surface area contributed by atoms with Gasteiger partial charge in [0.15, 0.2) is 0 Å². The van der Waals surface area contributed by atoms with Crippen molar-refractivity contribution in [3.63, 3.8) is 0 Å². The normalized spacial score (nSPS) is 9.28. The molecule has 0 amide bonds. The topological polar surface area (TPSA) is 26.3 Å². The maximum absolute atomic E-state index is 10.4. The molecule has 0 radical (unpaired) electrons. The second-order valence-corrected chi connectivity index (χ2v) is 2.60. The second-order valence-electron chi connectivity index (χ2n) is 2.60. The van der Waals surface area contributed by atoms with E-state index in [1.54, 1.807) is 7.11 Å². The summed E-state index contributed by atoms with van der Waals surface area (Å²) in [6.45, 7) is 12.0. The first-order valence-electron chi connectivity index (χ1n) is 6.89. The van der Waals surface area contributed by atoms with Gasteiger partial charge in [-0.15, -0.1) is 0 Å². The van der Waals surface area contributed by atoms with Crippen LogP contribution in [0.25, 0.3) is 0 Å². The first-order valence-corrected chi connectivity index (χ1v) is 6.89. The van der Waals surface area contributed by atoms with Gasteiger partial charge in [-0.25, -0.2) is 0 Å². The van der Waals surface area contributed by atoms with Crippen LogP contribution in [0.5, 0.6) is 0 Å². The average molecular weight is 254 g/mol. The van der Waals surface area contributed by atoms with Gasteiger partial charge in [0, 0.05) is 13.5 Å². The highest BCUT2D eigenvalue weighted by Crippen LogP contribution is 2.03. The smallest absolute Gasteiger partial charge is 0.149 e. The van der Waals surface area contributed by atoms with Crippen molar-refractivity contribution in [1.82, 2.24) is 0 Å². The monoisotopic (exact) mass is 254 g/mol. The van der Waals surface area contributed by atoms with Gasteiger partial charge in [-0.05, 0) is 5.56 Å². The zero-order chi connectivity index (χ0) is 14.8. The fourth-order valence-corrected chi connectivity index (χ4v) is 1.03. The van der Waals surface area contributed by atoms with Crippen molar-refractivity contribution < 1.29 is 9.53 Å². The van der Waals surface area contributed by atoms with E-state index >= 15 is 0 Å². The van der Waals surface area contributed by atoms with Crippen LogP contribution in [0, 0.1) is 0 Å². The Bertz CT molecular complexity index is 232. The molecular formula is C16H30O2. The lowest BCUT2D eigenvalue weighted by Crippen LogP contribution is -2.15. The van der Waals surface area contributed by atoms with Crippen molar-refractivity contribution in [1.29, 1.82) is 0 Å². The van der Waals surface area contributed by atoms with E-state index in [0.29, 0.717) is 6.42 Å². The van der Waals surface area contributed by atoms with Crippen LogP contribution in [0.2, 0.25) is 0 Å². The third-order valence-electron chi connectivity index (χ3n) is 1.73. The molecule has 1 atom stereocenters. The SMILES string of the molecule is CC.CC.CC.COC(C=O)Cc1ccccc1. The standard InChI is InChI=1S/C10H12O2.3C2H6/c1-12-10(8-11)7-9-5-3-2-4-6-9;3*1-2/h2-6,8,10H,7H2,1H3;3*1-2H3. The van der Waals surface area contributed by atoms with Crippen molar-refractivity contribution in [2.45, 2.75) is 54.1 Å². The van der Waals surface area contributed by atoms with Crippen molar-refractivity contribution in [2.24, 2.45) is 0 Å². The highest BCUT2D eigenvalue weighted by atomic mass is 16.5. The number of carbonyl (C=O) groups excluding carboxylic acids is 1. The van der Waals surface area contributed by atoms with Crippen molar-refractivity contribution in [3.05, 3.63) is 35.9 Å². The third kappa shape index (κ3) is 12.9. The van der Waals surface area contributed by atoms with Gasteiger partial charge in [0.05, 0.1) is 0 Å². The summed E-state index contributed by atoms with van der Waals surface area (Å²) >= 11 is 0. The molecule has 2 nitrogen and oxygen atoms in total. The molecule has 1 rings (SSSR count). The minimum absolute atomic E-state index is 0.313. The Hall–Kier alpha value is -1.15. The molecule has 0 aromatic heterocycles. The van der Waals surface area contributed by atoms with E-state index in [0.717, 1.165) is 11.8 Å². The Kier molecular flexibility index (Phi) is 26.0. The molecule has 0 aliphatic heterocycles. The molecule has 0 saturated heterocycles. The number of ether oxygens (including phenoxy) is 1. The minimum Gasteiger partial charge on any atom is -0.374 e. The Labute approximate surface area is 113 Å². The van der Waals surface area contributed by atoms with Gasteiger partial charge < -0.3 is 9.53 Å². The molecule has 18 heavy (non-hydrogen) atoms. The van der Waals surface area contributed by atoms with Crippen LogP contribution < -0.4 is 0 Å². The van der Waals surface area contributed by atoms with E-state index in [1.807, 2.05) is 71.9 Å². The molecule has 0 saturated carbocycles. The summed E-state index contributed by atoms with van der Waals surface area (Å²) in [6, 6.07) is 9.82. The summed E-state index contributed by atoms with van der Waals surface area (Å²) in [5.74, 6) is 0. The number of hydrogen-bond donors (Lipinski definition) is 0. The van der Waals surface area contributed by atoms with Crippen LogP contribution in [0.15, 0.2) is 30.3 Å². The molecule has 1 aromatic carbocycles. The first-order chi connectivity index (χ1) is 8.86. The maximum Gasteiger partial charge on any atom is 0.149 e. The number of carbonyl (C=O) groups is 1. The summed E-state index contributed by atoms with van der Waals surface area (Å²) in [4.78, 5) is 10.4. The Balaban J connectivity index is -0.000000328. The van der Waals surface area contributed by atoms with E-state index in [2.05, 4.69) is 0 Å². The van der Waals surface area contributed by atoms with Crippen molar-refractivity contribution >= 4 is 6.29 Å². The molecule has 1 unspecified atom stereocenters. The van der Waals surface area contributed by atoms with Crippen LogP contribution in [-0.4, -0.2) is 19.5 Å². The van der Waals surface area contributed by atoms with Gasteiger partial charge in [-0.1, -0.05) is 71.9 Å². The zero-order valence-electron chi connectivity index (χ0n) is 13.1. The van der Waals surface area contributed by atoms with Crippen molar-refractivity contribution in [3.8, 4) is 0 Å². The zero-order valence-corrected chi connectivity index (χ0v) is 13.1. The summed E-state index contributed by atoms with van der Waals surface area (Å²) in [5, 5.41) is 0. The second kappa shape index (κ2) is 21.2. The molecule has 0 bridgehead atoms. The molecule has 2 heteroatoms. The number of rotatable bonds is 4. The predicted octanol–water partition coefficient (Wildman–Crippen LogP) is 4.52. The van der Waals surface area contributed by atoms with Gasteiger partial charge in [-0.2, -0.15) is 0 Å². The van der Waals surface area contributed by atoms with Gasteiger partial charge in [0.1, 0.15) is 12.4 Å². The highest BCUT2D eigenvalue weighted by Gasteiger charge is 2.04. The molecule has 0 spiro atoms. The van der Waals surface area contributed by atoms with E-state index in [-0.39, 0.29) is 6.10 Å². The molecule has 0 aliphatic carbocycles. The van der Waals surface area contributed by atoms with Gasteiger partial charge in [-0.3, -0.25) is 0 Å².